The molecule has 0 radical (unpaired) electrons. The minimum Gasteiger partial charge on any atom is -0.504 e. The summed E-state index contributed by atoms with van der Waals surface area (Å²) >= 11 is 9.21. The van der Waals surface area contributed by atoms with Crippen LogP contribution in [0.2, 0.25) is 5.02 Å². The average molecular weight is 503 g/mol. The highest BCUT2D eigenvalue weighted by atomic mass is 79.9. The molecule has 0 fully saturated rings. The number of nitrogens with zero attached hydrogens (tertiary/aromatic N) is 1. The number of benzene rings is 3. The van der Waals surface area contributed by atoms with E-state index in [1.165, 1.54) is 13.3 Å². The quantitative estimate of drug-likeness (QED) is 0.332. The van der Waals surface area contributed by atoms with Gasteiger partial charge in [0.25, 0.3) is 11.8 Å². The fraction of sp³-hybridized carbons (Fsp3) is 0.0455. The van der Waals surface area contributed by atoms with Crippen molar-refractivity contribution in [3.63, 3.8) is 0 Å². The van der Waals surface area contributed by atoms with Crippen LogP contribution in [0.3, 0.4) is 0 Å². The van der Waals surface area contributed by atoms with E-state index in [0.29, 0.717) is 31.9 Å². The summed E-state index contributed by atoms with van der Waals surface area (Å²) in [6, 6.07) is 16.1. The van der Waals surface area contributed by atoms with E-state index in [4.69, 9.17) is 16.3 Å². The largest absolute Gasteiger partial charge is 0.504 e. The zero-order chi connectivity index (χ0) is 22.4. The zero-order valence-electron chi connectivity index (χ0n) is 16.2. The van der Waals surface area contributed by atoms with Crippen molar-refractivity contribution < 1.29 is 19.4 Å². The Bertz CT molecular complexity index is 1150. The van der Waals surface area contributed by atoms with Crippen LogP contribution in [0.5, 0.6) is 11.5 Å². The number of aromatic hydroxyl groups is 1. The van der Waals surface area contributed by atoms with Crippen LogP contribution in [0.15, 0.2) is 70.2 Å². The van der Waals surface area contributed by atoms with E-state index in [-0.39, 0.29) is 17.4 Å². The molecule has 0 atom stereocenters. The molecule has 3 rings (SSSR count). The van der Waals surface area contributed by atoms with E-state index in [1.807, 2.05) is 0 Å². The summed E-state index contributed by atoms with van der Waals surface area (Å²) in [5.74, 6) is -0.583. The van der Waals surface area contributed by atoms with Crippen LogP contribution in [-0.4, -0.2) is 30.2 Å². The van der Waals surface area contributed by atoms with Crippen molar-refractivity contribution in [3.05, 3.63) is 86.8 Å². The van der Waals surface area contributed by atoms with Crippen LogP contribution >= 0.6 is 27.5 Å². The molecule has 0 saturated heterocycles. The molecule has 2 amide bonds. The summed E-state index contributed by atoms with van der Waals surface area (Å²) in [7, 11) is 1.44. The lowest BCUT2D eigenvalue weighted by Crippen LogP contribution is -2.18. The number of carbonyl (C=O) groups excluding carboxylic acids is 2. The Morgan fingerprint density at radius 2 is 1.81 bits per heavy atom. The van der Waals surface area contributed by atoms with Crippen LogP contribution in [-0.2, 0) is 0 Å². The normalized spacial score (nSPS) is 10.7. The molecule has 0 aliphatic carbocycles. The van der Waals surface area contributed by atoms with Crippen molar-refractivity contribution in [1.29, 1.82) is 0 Å². The molecule has 0 saturated carbocycles. The van der Waals surface area contributed by atoms with Crippen LogP contribution in [0.25, 0.3) is 0 Å². The Labute approximate surface area is 191 Å². The van der Waals surface area contributed by atoms with Crippen LogP contribution in [0, 0.1) is 0 Å². The molecule has 3 aromatic carbocycles. The molecule has 0 aliphatic rings. The lowest BCUT2D eigenvalue weighted by atomic mass is 10.1. The predicted molar refractivity (Wildman–Crippen MR) is 123 cm³/mol. The number of halogens is 2. The van der Waals surface area contributed by atoms with E-state index >= 15 is 0 Å². The highest BCUT2D eigenvalue weighted by Crippen LogP contribution is 2.32. The summed E-state index contributed by atoms with van der Waals surface area (Å²) in [6.07, 6.45) is 1.31. The molecule has 0 aliphatic heterocycles. The Hall–Kier alpha value is -3.36. The second-order valence-corrected chi connectivity index (χ2v) is 7.64. The van der Waals surface area contributed by atoms with E-state index in [1.54, 1.807) is 60.7 Å². The maximum absolute atomic E-state index is 12.3. The van der Waals surface area contributed by atoms with Gasteiger partial charge in [-0.15, -0.1) is 0 Å². The summed E-state index contributed by atoms with van der Waals surface area (Å²) in [5.41, 5.74) is 4.04. The highest BCUT2D eigenvalue weighted by Gasteiger charge is 2.10. The molecule has 0 unspecified atom stereocenters. The molecule has 9 heteroatoms. The van der Waals surface area contributed by atoms with Gasteiger partial charge in [0, 0.05) is 31.9 Å². The molecule has 0 spiro atoms. The first-order valence-electron chi connectivity index (χ1n) is 8.94. The molecular formula is C22H17BrClN3O4. The van der Waals surface area contributed by atoms with Crippen molar-refractivity contribution >= 4 is 51.2 Å². The van der Waals surface area contributed by atoms with Gasteiger partial charge in [-0.1, -0.05) is 33.6 Å². The minimum absolute atomic E-state index is 0.0940. The Kier molecular flexibility index (Phi) is 7.28. The van der Waals surface area contributed by atoms with Crippen LogP contribution in [0.4, 0.5) is 5.69 Å². The molecule has 3 N–H and O–H groups in total. The first kappa shape index (κ1) is 22.3. The van der Waals surface area contributed by atoms with Gasteiger partial charge in [-0.3, -0.25) is 9.59 Å². The van der Waals surface area contributed by atoms with Gasteiger partial charge in [-0.05, 0) is 54.6 Å². The van der Waals surface area contributed by atoms with Gasteiger partial charge < -0.3 is 15.2 Å². The topological polar surface area (TPSA) is 100 Å². The van der Waals surface area contributed by atoms with Crippen LogP contribution < -0.4 is 15.5 Å². The predicted octanol–water partition coefficient (Wildman–Crippen LogP) is 4.83. The number of anilines is 1. The molecule has 0 aromatic heterocycles. The molecule has 31 heavy (non-hydrogen) atoms. The average Bonchev–Trinajstić information content (AvgIpc) is 2.76. The van der Waals surface area contributed by atoms with Crippen molar-refractivity contribution in [2.75, 3.05) is 12.4 Å². The number of methoxy groups -OCH3 is 1. The fourth-order valence-electron chi connectivity index (χ4n) is 2.61. The minimum atomic E-state index is -0.453. The molecule has 0 bridgehead atoms. The Morgan fingerprint density at radius 3 is 2.48 bits per heavy atom. The smallest absolute Gasteiger partial charge is 0.271 e. The maximum Gasteiger partial charge on any atom is 0.271 e. The Morgan fingerprint density at radius 1 is 1.06 bits per heavy atom. The second kappa shape index (κ2) is 10.1. The van der Waals surface area contributed by atoms with E-state index in [2.05, 4.69) is 31.8 Å². The summed E-state index contributed by atoms with van der Waals surface area (Å²) < 4.78 is 5.76. The van der Waals surface area contributed by atoms with Gasteiger partial charge in [-0.2, -0.15) is 5.10 Å². The fourth-order valence-corrected chi connectivity index (χ4v) is 3.26. The number of hydrazone groups is 1. The number of hydrogen-bond donors (Lipinski definition) is 3. The van der Waals surface area contributed by atoms with Gasteiger partial charge in [0.05, 0.1) is 13.3 Å². The number of ether oxygens (including phenoxy) is 1. The molecule has 158 valence electrons. The number of hydrogen-bond acceptors (Lipinski definition) is 5. The number of nitrogens with one attached hydrogen (secondary N) is 2. The lowest BCUT2D eigenvalue weighted by molar-refractivity contribution is 0.0954. The third kappa shape index (κ3) is 5.84. The van der Waals surface area contributed by atoms with E-state index < -0.39 is 5.91 Å². The highest BCUT2D eigenvalue weighted by molar-refractivity contribution is 9.10. The van der Waals surface area contributed by atoms with Crippen molar-refractivity contribution in [2.24, 2.45) is 5.10 Å². The standard InChI is InChI=1S/C22H17BrClN3O4/c1-31-19-11-16(23)9-15(20(19)28)12-25-27-22(30)13-5-7-18(8-6-13)26-21(29)14-3-2-4-17(24)10-14/h2-12,28H,1H3,(H,26,29)(H,27,30). The summed E-state index contributed by atoms with van der Waals surface area (Å²) in [4.78, 5) is 24.5. The first-order valence-corrected chi connectivity index (χ1v) is 10.1. The molecular weight excluding hydrogens is 486 g/mol. The second-order valence-electron chi connectivity index (χ2n) is 6.29. The SMILES string of the molecule is COc1cc(Br)cc(C=NNC(=O)c2ccc(NC(=O)c3cccc(Cl)c3)cc2)c1O. The van der Waals surface area contributed by atoms with Gasteiger partial charge in [0.2, 0.25) is 0 Å². The lowest BCUT2D eigenvalue weighted by Gasteiger charge is -2.07. The first-order chi connectivity index (χ1) is 14.9. The van der Waals surface area contributed by atoms with E-state index in [9.17, 15) is 14.7 Å². The van der Waals surface area contributed by atoms with Gasteiger partial charge in [-0.25, -0.2) is 5.43 Å². The van der Waals surface area contributed by atoms with E-state index in [0.717, 1.165) is 0 Å². The van der Waals surface area contributed by atoms with Gasteiger partial charge >= 0.3 is 0 Å². The third-order valence-corrected chi connectivity index (χ3v) is 4.84. The number of phenolic OH excluding ortho intramolecular Hbond substituents is 1. The van der Waals surface area contributed by atoms with Crippen molar-refractivity contribution in [2.45, 2.75) is 0 Å². The van der Waals surface area contributed by atoms with Crippen molar-refractivity contribution in [3.8, 4) is 11.5 Å². The number of phenols is 1. The maximum atomic E-state index is 12.3. The molecule has 0 heterocycles. The Balaban J connectivity index is 1.62. The van der Waals surface area contributed by atoms with Crippen molar-refractivity contribution in [1.82, 2.24) is 5.43 Å². The van der Waals surface area contributed by atoms with Gasteiger partial charge in [0.15, 0.2) is 11.5 Å². The number of rotatable bonds is 6. The third-order valence-electron chi connectivity index (χ3n) is 4.15. The molecule has 7 nitrogen and oxygen atoms in total. The number of amides is 2. The zero-order valence-corrected chi connectivity index (χ0v) is 18.6. The van der Waals surface area contributed by atoms with Crippen LogP contribution in [0.1, 0.15) is 26.3 Å². The summed E-state index contributed by atoms with van der Waals surface area (Å²) in [5, 5.41) is 17.2. The van der Waals surface area contributed by atoms with Gasteiger partial charge in [0.1, 0.15) is 0 Å². The monoisotopic (exact) mass is 501 g/mol. The summed E-state index contributed by atoms with van der Waals surface area (Å²) in [6.45, 7) is 0. The molecule has 3 aromatic rings. The number of carbonyl (C=O) groups is 2.